The molecule has 4 heteroatoms. The molecule has 0 fully saturated rings. The van der Waals surface area contributed by atoms with Gasteiger partial charge in [-0.15, -0.1) is 0 Å². The molecule has 0 bridgehead atoms. The van der Waals surface area contributed by atoms with E-state index in [1.165, 1.54) is 15.9 Å². The third-order valence-electron chi connectivity index (χ3n) is 4.83. The highest BCUT2D eigenvalue weighted by Crippen LogP contribution is 2.55. The predicted molar refractivity (Wildman–Crippen MR) is 121 cm³/mol. The van der Waals surface area contributed by atoms with Gasteiger partial charge in [-0.1, -0.05) is 54.6 Å². The number of hydrogen-bond acceptors (Lipinski definition) is 2. The number of benzene rings is 3. The van der Waals surface area contributed by atoms with Crippen LogP contribution < -0.4 is 15.9 Å². The fourth-order valence-corrected chi connectivity index (χ4v) is 7.84. The van der Waals surface area contributed by atoms with Crippen LogP contribution in [0.25, 0.3) is 0 Å². The molecule has 0 atom stereocenters. The minimum absolute atomic E-state index is 0.339. The molecule has 1 heterocycles. The van der Waals surface area contributed by atoms with Crippen molar-refractivity contribution in [2.45, 2.75) is 0 Å². The zero-order chi connectivity index (χ0) is 19.4. The van der Waals surface area contributed by atoms with Crippen LogP contribution >= 0.6 is 23.2 Å². The number of carbonyl (C=O) groups is 1. The van der Waals surface area contributed by atoms with Crippen molar-refractivity contribution in [2.24, 2.45) is 0 Å². The highest BCUT2D eigenvalue weighted by molar-refractivity contribution is 9.12. The number of cyclic esters (lactones) is 1. The molecule has 0 saturated carbocycles. The first-order valence-electron chi connectivity index (χ1n) is 9.04. The Hall–Kier alpha value is -2.48. The molecule has 0 amide bonds. The van der Waals surface area contributed by atoms with Crippen LogP contribution in [-0.4, -0.2) is 12.1 Å². The topological polar surface area (TPSA) is 26.3 Å². The molecule has 0 saturated heterocycles. The van der Waals surface area contributed by atoms with Gasteiger partial charge in [-0.3, -0.25) is 0 Å². The average Bonchev–Trinajstić information content (AvgIpc) is 3.08. The van der Waals surface area contributed by atoms with Crippen molar-refractivity contribution < 1.29 is 9.53 Å². The smallest absolute Gasteiger partial charge is 0.350 e. The van der Waals surface area contributed by atoms with Crippen molar-refractivity contribution in [3.05, 3.63) is 113 Å². The van der Waals surface area contributed by atoms with E-state index in [0.717, 1.165) is 6.16 Å². The SMILES string of the molecule is O=C1O/C(=C/C[P+](c2ccccc2)(c2ccccc2)c2ccccc2)C=C1Br. The van der Waals surface area contributed by atoms with Crippen molar-refractivity contribution in [3.8, 4) is 0 Å². The Labute approximate surface area is 174 Å². The predicted octanol–water partition coefficient (Wildman–Crippen LogP) is 4.70. The van der Waals surface area contributed by atoms with Crippen LogP contribution in [0.5, 0.6) is 0 Å². The van der Waals surface area contributed by atoms with Crippen LogP contribution in [0.4, 0.5) is 0 Å². The Kier molecular flexibility index (Phi) is 5.57. The molecule has 138 valence electrons. The molecule has 0 radical (unpaired) electrons. The summed E-state index contributed by atoms with van der Waals surface area (Å²) in [5.74, 6) is 0.262. The Bertz CT molecular complexity index is 931. The highest BCUT2D eigenvalue weighted by Gasteiger charge is 2.44. The Morgan fingerprint density at radius 2 is 1.18 bits per heavy atom. The molecule has 28 heavy (non-hydrogen) atoms. The Morgan fingerprint density at radius 1 is 0.750 bits per heavy atom. The second-order valence-corrected chi connectivity index (χ2v) is 10.9. The van der Waals surface area contributed by atoms with E-state index in [1.54, 1.807) is 6.08 Å². The number of carbonyl (C=O) groups excluding carboxylic acids is 1. The lowest BCUT2D eigenvalue weighted by molar-refractivity contribution is -0.132. The van der Waals surface area contributed by atoms with Crippen molar-refractivity contribution in [1.82, 2.24) is 0 Å². The van der Waals surface area contributed by atoms with E-state index < -0.39 is 7.26 Å². The molecule has 0 unspecified atom stereocenters. The van der Waals surface area contributed by atoms with E-state index >= 15 is 0 Å². The standard InChI is InChI=1S/C24H19BrO2P/c25-23-18-19(27-24(23)26)16-17-28(20-10-4-1-5-11-20,21-12-6-2-7-13-21)22-14-8-3-9-15-22/h1-16,18H,17H2/q+1/b19-16+. The van der Waals surface area contributed by atoms with E-state index in [1.807, 2.05) is 24.3 Å². The van der Waals surface area contributed by atoms with Crippen molar-refractivity contribution >= 4 is 45.1 Å². The number of allylic oxidation sites excluding steroid dienone is 2. The number of rotatable bonds is 5. The van der Waals surface area contributed by atoms with E-state index in [4.69, 9.17) is 4.74 Å². The first-order chi connectivity index (χ1) is 13.7. The van der Waals surface area contributed by atoms with Crippen LogP contribution in [0.1, 0.15) is 0 Å². The van der Waals surface area contributed by atoms with Gasteiger partial charge in [-0.25, -0.2) is 4.79 Å². The average molecular weight is 450 g/mol. The lowest BCUT2D eigenvalue weighted by atomic mass is 10.4. The lowest BCUT2D eigenvalue weighted by Gasteiger charge is -2.26. The maximum Gasteiger partial charge on any atom is 0.350 e. The fraction of sp³-hybridized carbons (Fsp3) is 0.0417. The van der Waals surface area contributed by atoms with E-state index in [2.05, 4.69) is 88.7 Å². The van der Waals surface area contributed by atoms with Gasteiger partial charge in [0.25, 0.3) is 0 Å². The largest absolute Gasteiger partial charge is 0.423 e. The Morgan fingerprint density at radius 3 is 1.54 bits per heavy atom. The summed E-state index contributed by atoms with van der Waals surface area (Å²) < 4.78 is 5.84. The minimum Gasteiger partial charge on any atom is -0.423 e. The quantitative estimate of drug-likeness (QED) is 0.416. The number of esters is 1. The van der Waals surface area contributed by atoms with Crippen LogP contribution in [0.15, 0.2) is 113 Å². The van der Waals surface area contributed by atoms with E-state index in [0.29, 0.717) is 10.2 Å². The molecule has 4 rings (SSSR count). The molecule has 0 aromatic heterocycles. The number of ether oxygens (including phenoxy) is 1. The number of hydrogen-bond donors (Lipinski definition) is 0. The van der Waals surface area contributed by atoms with Gasteiger partial charge < -0.3 is 4.74 Å². The molecule has 0 spiro atoms. The summed E-state index contributed by atoms with van der Waals surface area (Å²) >= 11 is 3.25. The molecule has 2 nitrogen and oxygen atoms in total. The summed E-state index contributed by atoms with van der Waals surface area (Å²) in [5.41, 5.74) is 0. The summed E-state index contributed by atoms with van der Waals surface area (Å²) in [4.78, 5) is 11.7. The van der Waals surface area contributed by atoms with Gasteiger partial charge >= 0.3 is 5.97 Å². The maximum absolute atomic E-state index is 11.7. The minimum atomic E-state index is -1.96. The van der Waals surface area contributed by atoms with Crippen LogP contribution in [0.3, 0.4) is 0 Å². The zero-order valence-corrected chi connectivity index (χ0v) is 17.6. The molecular weight excluding hydrogens is 431 g/mol. The maximum atomic E-state index is 11.7. The van der Waals surface area contributed by atoms with Crippen molar-refractivity contribution in [1.29, 1.82) is 0 Å². The van der Waals surface area contributed by atoms with Gasteiger partial charge in [0, 0.05) is 6.08 Å². The van der Waals surface area contributed by atoms with E-state index in [-0.39, 0.29) is 5.97 Å². The molecule has 0 aliphatic carbocycles. The van der Waals surface area contributed by atoms with Gasteiger partial charge in [0.2, 0.25) is 0 Å². The summed E-state index contributed by atoms with van der Waals surface area (Å²) in [6.45, 7) is 0. The summed E-state index contributed by atoms with van der Waals surface area (Å²) in [7, 11) is -1.96. The molecule has 1 aliphatic heterocycles. The molecular formula is C24H19BrO2P+. The van der Waals surface area contributed by atoms with Gasteiger partial charge in [-0.2, -0.15) is 0 Å². The summed E-state index contributed by atoms with van der Waals surface area (Å²) in [6.07, 6.45) is 4.56. The van der Waals surface area contributed by atoms with Gasteiger partial charge in [-0.05, 0) is 58.4 Å². The Balaban J connectivity index is 1.91. The van der Waals surface area contributed by atoms with Gasteiger partial charge in [0.1, 0.15) is 33.4 Å². The number of halogens is 1. The summed E-state index contributed by atoms with van der Waals surface area (Å²) in [6, 6.07) is 31.9. The van der Waals surface area contributed by atoms with Crippen LogP contribution in [-0.2, 0) is 9.53 Å². The fourth-order valence-electron chi connectivity index (χ4n) is 3.51. The zero-order valence-electron chi connectivity index (χ0n) is 15.2. The molecule has 3 aromatic rings. The van der Waals surface area contributed by atoms with Crippen molar-refractivity contribution in [3.63, 3.8) is 0 Å². The molecule has 1 aliphatic rings. The lowest BCUT2D eigenvalue weighted by Crippen LogP contribution is -2.33. The second-order valence-electron chi connectivity index (χ2n) is 6.49. The molecule has 3 aromatic carbocycles. The van der Waals surface area contributed by atoms with Gasteiger partial charge in [0.05, 0.1) is 6.16 Å². The first-order valence-corrected chi connectivity index (χ1v) is 11.8. The van der Waals surface area contributed by atoms with Crippen LogP contribution in [0.2, 0.25) is 0 Å². The monoisotopic (exact) mass is 449 g/mol. The summed E-state index contributed by atoms with van der Waals surface area (Å²) in [5, 5.41) is 3.91. The highest BCUT2D eigenvalue weighted by atomic mass is 79.9. The van der Waals surface area contributed by atoms with Crippen LogP contribution in [0, 0.1) is 0 Å². The molecule has 0 N–H and O–H groups in total. The second kappa shape index (κ2) is 8.26. The normalized spacial score (nSPS) is 15.4. The third-order valence-corrected chi connectivity index (χ3v) is 9.65. The van der Waals surface area contributed by atoms with Crippen molar-refractivity contribution in [2.75, 3.05) is 6.16 Å². The van der Waals surface area contributed by atoms with E-state index in [9.17, 15) is 4.79 Å². The first kappa shape index (κ1) is 18.9. The third kappa shape index (κ3) is 3.61. The van der Waals surface area contributed by atoms with Gasteiger partial charge in [0.15, 0.2) is 0 Å².